The van der Waals surface area contributed by atoms with Crippen LogP contribution in [-0.4, -0.2) is 61.9 Å². The summed E-state index contributed by atoms with van der Waals surface area (Å²) in [4.78, 5) is 41.3. The van der Waals surface area contributed by atoms with E-state index >= 15 is 0 Å². The quantitative estimate of drug-likeness (QED) is 0.129. The summed E-state index contributed by atoms with van der Waals surface area (Å²) in [5.74, 6) is 0.798. The van der Waals surface area contributed by atoms with Crippen molar-refractivity contribution in [3.8, 4) is 17.2 Å². The van der Waals surface area contributed by atoms with Crippen LogP contribution in [0.5, 0.6) is 17.2 Å². The van der Waals surface area contributed by atoms with Crippen molar-refractivity contribution in [2.45, 2.75) is 45.6 Å². The maximum absolute atomic E-state index is 13.2. The molecule has 218 valence electrons. The van der Waals surface area contributed by atoms with Crippen LogP contribution in [0, 0.1) is 0 Å². The second kappa shape index (κ2) is 16.1. The number of benzene rings is 3. The molecule has 0 aliphatic carbocycles. The molecule has 0 fully saturated rings. The summed E-state index contributed by atoms with van der Waals surface area (Å²) in [6.07, 6.45) is 5.86. The summed E-state index contributed by atoms with van der Waals surface area (Å²) in [5, 5.41) is 0. The van der Waals surface area contributed by atoms with E-state index in [1.165, 1.54) is 29.1 Å². The molecule has 0 unspecified atom stereocenters. The standard InChI is InChI=1S/C33H40N2O6/c1-5-6-7-8-9-22-40-29-20-14-27(15-21-29)33(38)41-30-16-10-25(11-17-30)23-35(24-31(36)34(2)3)32(37)26-12-18-28(39-4)19-13-26/h10-21H,5-9,22-24H2,1-4H3. The van der Waals surface area contributed by atoms with Gasteiger partial charge in [-0.25, -0.2) is 4.79 Å². The van der Waals surface area contributed by atoms with Gasteiger partial charge < -0.3 is 24.0 Å². The Morgan fingerprint density at radius 2 is 1.29 bits per heavy atom. The molecule has 0 spiro atoms. The molecular weight excluding hydrogens is 520 g/mol. The molecule has 0 aromatic heterocycles. The van der Waals surface area contributed by atoms with Crippen molar-refractivity contribution < 1.29 is 28.6 Å². The third kappa shape index (κ3) is 9.98. The molecular formula is C33H40N2O6. The molecule has 0 aliphatic heterocycles. The fourth-order valence-electron chi connectivity index (χ4n) is 4.05. The minimum Gasteiger partial charge on any atom is -0.497 e. The average Bonchev–Trinajstić information content (AvgIpc) is 2.99. The highest BCUT2D eigenvalue weighted by atomic mass is 16.5. The van der Waals surface area contributed by atoms with E-state index in [1.54, 1.807) is 94.0 Å². The zero-order chi connectivity index (χ0) is 29.6. The van der Waals surface area contributed by atoms with E-state index in [-0.39, 0.29) is 24.9 Å². The number of nitrogens with zero attached hydrogens (tertiary/aromatic N) is 2. The van der Waals surface area contributed by atoms with Gasteiger partial charge in [0.25, 0.3) is 5.91 Å². The van der Waals surface area contributed by atoms with Gasteiger partial charge in [0.2, 0.25) is 5.91 Å². The van der Waals surface area contributed by atoms with Crippen molar-refractivity contribution >= 4 is 17.8 Å². The van der Waals surface area contributed by atoms with Crippen molar-refractivity contribution in [3.05, 3.63) is 89.5 Å². The van der Waals surface area contributed by atoms with Gasteiger partial charge in [-0.05, 0) is 72.6 Å². The molecule has 0 heterocycles. The molecule has 0 atom stereocenters. The lowest BCUT2D eigenvalue weighted by Crippen LogP contribution is -2.39. The first-order valence-electron chi connectivity index (χ1n) is 14.0. The highest BCUT2D eigenvalue weighted by Crippen LogP contribution is 2.19. The maximum Gasteiger partial charge on any atom is 0.343 e. The molecule has 8 heteroatoms. The van der Waals surface area contributed by atoms with E-state index in [0.29, 0.717) is 29.2 Å². The Hall–Kier alpha value is -4.33. The van der Waals surface area contributed by atoms with E-state index < -0.39 is 5.97 Å². The van der Waals surface area contributed by atoms with Crippen LogP contribution < -0.4 is 14.2 Å². The fraction of sp³-hybridized carbons (Fsp3) is 0.364. The van der Waals surface area contributed by atoms with Crippen LogP contribution in [-0.2, 0) is 11.3 Å². The third-order valence-electron chi connectivity index (χ3n) is 6.56. The van der Waals surface area contributed by atoms with E-state index in [4.69, 9.17) is 14.2 Å². The number of carbonyl (C=O) groups is 3. The van der Waals surface area contributed by atoms with Gasteiger partial charge >= 0.3 is 5.97 Å². The number of esters is 1. The first-order chi connectivity index (χ1) is 19.8. The Morgan fingerprint density at radius 3 is 1.90 bits per heavy atom. The Bertz CT molecular complexity index is 1250. The molecule has 0 aliphatic rings. The number of hydrogen-bond acceptors (Lipinski definition) is 6. The topological polar surface area (TPSA) is 85.4 Å². The molecule has 8 nitrogen and oxygen atoms in total. The fourth-order valence-corrected chi connectivity index (χ4v) is 4.05. The zero-order valence-corrected chi connectivity index (χ0v) is 24.4. The number of carbonyl (C=O) groups excluding carboxylic acids is 3. The monoisotopic (exact) mass is 560 g/mol. The van der Waals surface area contributed by atoms with Crippen LogP contribution >= 0.6 is 0 Å². The van der Waals surface area contributed by atoms with Gasteiger partial charge in [0, 0.05) is 26.2 Å². The minimum absolute atomic E-state index is 0.0762. The van der Waals surface area contributed by atoms with E-state index in [1.807, 2.05) is 0 Å². The number of hydrogen-bond donors (Lipinski definition) is 0. The Balaban J connectivity index is 1.58. The van der Waals surface area contributed by atoms with Crippen molar-refractivity contribution in [3.63, 3.8) is 0 Å². The molecule has 3 aromatic rings. The van der Waals surface area contributed by atoms with Crippen molar-refractivity contribution in [1.82, 2.24) is 9.80 Å². The van der Waals surface area contributed by atoms with Crippen LogP contribution in [0.25, 0.3) is 0 Å². The largest absolute Gasteiger partial charge is 0.497 e. The van der Waals surface area contributed by atoms with Crippen LogP contribution in [0.1, 0.15) is 65.3 Å². The molecule has 2 amide bonds. The Labute approximate surface area is 242 Å². The van der Waals surface area contributed by atoms with Crippen molar-refractivity contribution in [1.29, 1.82) is 0 Å². The second-order valence-corrected chi connectivity index (χ2v) is 10.00. The lowest BCUT2D eigenvalue weighted by molar-refractivity contribution is -0.129. The molecule has 3 rings (SSSR count). The minimum atomic E-state index is -0.475. The normalized spacial score (nSPS) is 10.5. The molecule has 3 aromatic carbocycles. The summed E-state index contributed by atoms with van der Waals surface area (Å²) in [6.45, 7) is 2.98. The Kier molecular flexibility index (Phi) is 12.2. The van der Waals surface area contributed by atoms with Gasteiger partial charge in [-0.15, -0.1) is 0 Å². The van der Waals surface area contributed by atoms with Crippen LogP contribution in [0.3, 0.4) is 0 Å². The molecule has 0 saturated carbocycles. The molecule has 41 heavy (non-hydrogen) atoms. The smallest absolute Gasteiger partial charge is 0.343 e. The summed E-state index contributed by atoms with van der Waals surface area (Å²) in [6, 6.07) is 20.6. The highest BCUT2D eigenvalue weighted by Gasteiger charge is 2.20. The highest BCUT2D eigenvalue weighted by molar-refractivity contribution is 5.96. The van der Waals surface area contributed by atoms with Gasteiger partial charge in [0.05, 0.1) is 19.3 Å². The molecule has 0 bridgehead atoms. The number of methoxy groups -OCH3 is 1. The van der Waals surface area contributed by atoms with E-state index in [2.05, 4.69) is 6.92 Å². The summed E-state index contributed by atoms with van der Waals surface area (Å²) < 4.78 is 16.5. The average molecular weight is 561 g/mol. The van der Waals surface area contributed by atoms with Crippen LogP contribution in [0.2, 0.25) is 0 Å². The van der Waals surface area contributed by atoms with Gasteiger partial charge in [-0.1, -0.05) is 44.7 Å². The van der Waals surface area contributed by atoms with Gasteiger partial charge in [0.1, 0.15) is 23.8 Å². The summed E-state index contributed by atoms with van der Waals surface area (Å²) >= 11 is 0. The summed E-state index contributed by atoms with van der Waals surface area (Å²) in [7, 11) is 4.86. The van der Waals surface area contributed by atoms with E-state index in [9.17, 15) is 14.4 Å². The van der Waals surface area contributed by atoms with Gasteiger partial charge in [0.15, 0.2) is 0 Å². The predicted molar refractivity (Wildman–Crippen MR) is 159 cm³/mol. The number of rotatable bonds is 15. The van der Waals surface area contributed by atoms with Crippen molar-refractivity contribution in [2.24, 2.45) is 0 Å². The predicted octanol–water partition coefficient (Wildman–Crippen LogP) is 5.99. The third-order valence-corrected chi connectivity index (χ3v) is 6.56. The SMILES string of the molecule is CCCCCCCOc1ccc(C(=O)Oc2ccc(CN(CC(=O)N(C)C)C(=O)c3ccc(OC)cc3)cc2)cc1. The molecule has 0 radical (unpaired) electrons. The van der Waals surface area contributed by atoms with Crippen LogP contribution in [0.15, 0.2) is 72.8 Å². The first-order valence-corrected chi connectivity index (χ1v) is 14.0. The lowest BCUT2D eigenvalue weighted by Gasteiger charge is -2.24. The van der Waals surface area contributed by atoms with E-state index in [0.717, 1.165) is 24.2 Å². The molecule has 0 N–H and O–H groups in total. The summed E-state index contributed by atoms with van der Waals surface area (Å²) in [5.41, 5.74) is 1.66. The first kappa shape index (κ1) is 31.2. The second-order valence-electron chi connectivity index (χ2n) is 10.00. The Morgan fingerprint density at radius 1 is 0.707 bits per heavy atom. The number of unbranched alkanes of at least 4 members (excludes halogenated alkanes) is 4. The van der Waals surface area contributed by atoms with Crippen LogP contribution in [0.4, 0.5) is 0 Å². The zero-order valence-electron chi connectivity index (χ0n) is 24.4. The van der Waals surface area contributed by atoms with Gasteiger partial charge in [-0.3, -0.25) is 9.59 Å². The number of likely N-dealkylation sites (N-methyl/N-ethyl adjacent to an activating group) is 1. The molecule has 0 saturated heterocycles. The maximum atomic E-state index is 13.2. The van der Waals surface area contributed by atoms with Gasteiger partial charge in [-0.2, -0.15) is 0 Å². The lowest BCUT2D eigenvalue weighted by atomic mass is 10.1. The van der Waals surface area contributed by atoms with Crippen molar-refractivity contribution in [2.75, 3.05) is 34.4 Å². The number of amides is 2. The number of ether oxygens (including phenoxy) is 3.